The van der Waals surface area contributed by atoms with E-state index in [9.17, 15) is 4.79 Å². The van der Waals surface area contributed by atoms with Gasteiger partial charge in [0.1, 0.15) is 5.78 Å². The number of hydrogen-bond acceptors (Lipinski definition) is 4. The van der Waals surface area contributed by atoms with Crippen molar-refractivity contribution >= 4 is 23.2 Å². The Morgan fingerprint density at radius 1 is 1.47 bits per heavy atom. The van der Waals surface area contributed by atoms with Crippen molar-refractivity contribution in [1.29, 1.82) is 0 Å². The molecule has 4 nitrogen and oxygen atoms in total. The number of rotatable bonds is 4. The fraction of sp³-hybridized carbons (Fsp3) is 0.300. The normalized spacial score (nSPS) is 10.7. The van der Waals surface area contributed by atoms with E-state index in [1.165, 1.54) is 11.8 Å². The van der Waals surface area contributed by atoms with E-state index >= 15 is 0 Å². The standard InChI is InChI=1S/C10H11N3OS/c1-2-8(14)7-15-10-12-11-9-5-3-4-6-13(9)10/h3-6H,2,7H2,1H3. The number of ketones is 1. The predicted octanol–water partition coefficient (Wildman–Crippen LogP) is 1.80. The Labute approximate surface area is 91.7 Å². The SMILES string of the molecule is CCC(=O)CSc1nnc2ccccn12. The van der Waals surface area contributed by atoms with Crippen LogP contribution in [0.25, 0.3) is 5.65 Å². The van der Waals surface area contributed by atoms with Gasteiger partial charge in [0.2, 0.25) is 0 Å². The van der Waals surface area contributed by atoms with E-state index in [0.29, 0.717) is 12.2 Å². The van der Waals surface area contributed by atoms with Gasteiger partial charge < -0.3 is 0 Å². The summed E-state index contributed by atoms with van der Waals surface area (Å²) in [7, 11) is 0. The first kappa shape index (κ1) is 10.2. The maximum absolute atomic E-state index is 11.2. The first-order chi connectivity index (χ1) is 7.31. The highest BCUT2D eigenvalue weighted by Crippen LogP contribution is 2.16. The van der Waals surface area contributed by atoms with E-state index in [0.717, 1.165) is 10.8 Å². The molecule has 5 heteroatoms. The fourth-order valence-electron chi connectivity index (χ4n) is 1.17. The van der Waals surface area contributed by atoms with Crippen molar-refractivity contribution in [2.45, 2.75) is 18.5 Å². The molecule has 0 saturated heterocycles. The van der Waals surface area contributed by atoms with Crippen LogP contribution in [0.3, 0.4) is 0 Å². The van der Waals surface area contributed by atoms with Gasteiger partial charge >= 0.3 is 0 Å². The van der Waals surface area contributed by atoms with Gasteiger partial charge in [0.15, 0.2) is 10.8 Å². The van der Waals surface area contributed by atoms with Gasteiger partial charge in [-0.3, -0.25) is 9.20 Å². The van der Waals surface area contributed by atoms with E-state index in [1.54, 1.807) is 0 Å². The maximum Gasteiger partial charge on any atom is 0.196 e. The van der Waals surface area contributed by atoms with Crippen LogP contribution < -0.4 is 0 Å². The number of hydrogen-bond donors (Lipinski definition) is 0. The summed E-state index contributed by atoms with van der Waals surface area (Å²) in [5.41, 5.74) is 0.809. The first-order valence-electron chi connectivity index (χ1n) is 4.75. The molecule has 0 aliphatic rings. The summed E-state index contributed by atoms with van der Waals surface area (Å²) in [6, 6.07) is 5.72. The van der Waals surface area contributed by atoms with Crippen LogP contribution in [0, 0.1) is 0 Å². The Bertz CT molecular complexity index is 480. The largest absolute Gasteiger partial charge is 0.299 e. The van der Waals surface area contributed by atoms with Crippen LogP contribution in [0.2, 0.25) is 0 Å². The van der Waals surface area contributed by atoms with Crippen LogP contribution >= 0.6 is 11.8 Å². The molecule has 0 atom stereocenters. The van der Waals surface area contributed by atoms with Crippen LogP contribution in [0.15, 0.2) is 29.6 Å². The molecule has 0 saturated carbocycles. The van der Waals surface area contributed by atoms with Crippen LogP contribution in [0.1, 0.15) is 13.3 Å². The molecule has 78 valence electrons. The minimum atomic E-state index is 0.229. The molecule has 2 heterocycles. The molecule has 0 aliphatic carbocycles. The molecule has 0 fully saturated rings. The Morgan fingerprint density at radius 3 is 3.13 bits per heavy atom. The number of carbonyl (C=O) groups is 1. The third-order valence-corrected chi connectivity index (χ3v) is 3.04. The molecule has 0 radical (unpaired) electrons. The zero-order valence-corrected chi connectivity index (χ0v) is 9.20. The van der Waals surface area contributed by atoms with Crippen molar-refractivity contribution in [2.24, 2.45) is 0 Å². The van der Waals surface area contributed by atoms with Crippen LogP contribution in [0.5, 0.6) is 0 Å². The summed E-state index contributed by atoms with van der Waals surface area (Å²) in [5.74, 6) is 0.694. The summed E-state index contributed by atoms with van der Waals surface area (Å²) < 4.78 is 1.88. The highest BCUT2D eigenvalue weighted by Gasteiger charge is 2.06. The van der Waals surface area contributed by atoms with Crippen molar-refractivity contribution in [2.75, 3.05) is 5.75 Å². The van der Waals surface area contributed by atoms with Crippen molar-refractivity contribution in [1.82, 2.24) is 14.6 Å². The molecule has 0 N–H and O–H groups in total. The summed E-state index contributed by atoms with van der Waals surface area (Å²) in [5, 5.41) is 8.80. The third-order valence-electron chi connectivity index (χ3n) is 2.04. The van der Waals surface area contributed by atoms with E-state index in [4.69, 9.17) is 0 Å². The van der Waals surface area contributed by atoms with Gasteiger partial charge in [-0.05, 0) is 12.1 Å². The Hall–Kier alpha value is -1.36. The van der Waals surface area contributed by atoms with Gasteiger partial charge in [-0.25, -0.2) is 0 Å². The number of carbonyl (C=O) groups excluding carboxylic acids is 1. The number of Topliss-reactive ketones (excluding diaryl/α,β-unsaturated/α-hetero) is 1. The van der Waals surface area contributed by atoms with Gasteiger partial charge in [0.25, 0.3) is 0 Å². The van der Waals surface area contributed by atoms with Gasteiger partial charge in [-0.1, -0.05) is 24.8 Å². The zero-order chi connectivity index (χ0) is 10.7. The summed E-state index contributed by atoms with van der Waals surface area (Å²) >= 11 is 1.43. The molecule has 0 unspecified atom stereocenters. The van der Waals surface area contributed by atoms with Gasteiger partial charge in [-0.15, -0.1) is 10.2 Å². The molecule has 2 aromatic heterocycles. The lowest BCUT2D eigenvalue weighted by Gasteiger charge is -1.97. The lowest BCUT2D eigenvalue weighted by molar-refractivity contribution is -0.116. The Kier molecular flexibility index (Phi) is 3.01. The molecular formula is C10H11N3OS. The van der Waals surface area contributed by atoms with E-state index in [-0.39, 0.29) is 5.78 Å². The van der Waals surface area contributed by atoms with E-state index in [2.05, 4.69) is 10.2 Å². The van der Waals surface area contributed by atoms with Gasteiger partial charge in [0.05, 0.1) is 5.75 Å². The number of pyridine rings is 1. The van der Waals surface area contributed by atoms with Gasteiger partial charge in [0, 0.05) is 12.6 Å². The molecular weight excluding hydrogens is 210 g/mol. The maximum atomic E-state index is 11.2. The molecule has 0 bridgehead atoms. The monoisotopic (exact) mass is 221 g/mol. The number of thioether (sulfide) groups is 1. The smallest absolute Gasteiger partial charge is 0.196 e. The third kappa shape index (κ3) is 2.18. The lowest BCUT2D eigenvalue weighted by atomic mass is 10.4. The minimum Gasteiger partial charge on any atom is -0.299 e. The Balaban J connectivity index is 2.18. The number of nitrogens with zero attached hydrogens (tertiary/aromatic N) is 3. The van der Waals surface area contributed by atoms with Crippen molar-refractivity contribution < 1.29 is 4.79 Å². The second kappa shape index (κ2) is 4.44. The number of fused-ring (bicyclic) bond motifs is 1. The molecule has 0 spiro atoms. The van der Waals surface area contributed by atoms with Crippen LogP contribution in [-0.2, 0) is 4.79 Å². The predicted molar refractivity (Wildman–Crippen MR) is 59.0 cm³/mol. The van der Waals surface area contributed by atoms with Crippen LogP contribution in [0.4, 0.5) is 0 Å². The van der Waals surface area contributed by atoms with Crippen molar-refractivity contribution in [3.63, 3.8) is 0 Å². The fourth-order valence-corrected chi connectivity index (χ4v) is 2.05. The molecule has 0 aliphatic heterocycles. The lowest BCUT2D eigenvalue weighted by Crippen LogP contribution is -1.99. The highest BCUT2D eigenvalue weighted by atomic mass is 32.2. The Morgan fingerprint density at radius 2 is 2.33 bits per heavy atom. The summed E-state index contributed by atoms with van der Waals surface area (Å²) in [6.07, 6.45) is 2.47. The quantitative estimate of drug-likeness (QED) is 0.739. The first-order valence-corrected chi connectivity index (χ1v) is 5.74. The second-order valence-corrected chi connectivity index (χ2v) is 4.03. The summed E-state index contributed by atoms with van der Waals surface area (Å²) in [4.78, 5) is 11.2. The molecule has 15 heavy (non-hydrogen) atoms. The molecule has 0 aromatic carbocycles. The van der Waals surface area contributed by atoms with Gasteiger partial charge in [-0.2, -0.15) is 0 Å². The topological polar surface area (TPSA) is 47.3 Å². The van der Waals surface area contributed by atoms with Crippen molar-refractivity contribution in [3.05, 3.63) is 24.4 Å². The average molecular weight is 221 g/mol. The summed E-state index contributed by atoms with van der Waals surface area (Å²) in [6.45, 7) is 1.87. The number of aromatic nitrogens is 3. The molecule has 0 amide bonds. The second-order valence-electron chi connectivity index (χ2n) is 3.09. The highest BCUT2D eigenvalue weighted by molar-refractivity contribution is 7.99. The zero-order valence-electron chi connectivity index (χ0n) is 8.38. The molecule has 2 aromatic rings. The molecule has 2 rings (SSSR count). The van der Waals surface area contributed by atoms with Crippen molar-refractivity contribution in [3.8, 4) is 0 Å². The van der Waals surface area contributed by atoms with E-state index in [1.807, 2.05) is 35.7 Å². The van der Waals surface area contributed by atoms with E-state index < -0.39 is 0 Å². The van der Waals surface area contributed by atoms with Crippen LogP contribution in [-0.4, -0.2) is 26.1 Å². The average Bonchev–Trinajstić information content (AvgIpc) is 2.69. The minimum absolute atomic E-state index is 0.229.